The van der Waals surface area contributed by atoms with E-state index in [-0.39, 0.29) is 5.82 Å². The van der Waals surface area contributed by atoms with Gasteiger partial charge in [-0.1, -0.05) is 32.4 Å². The fraction of sp³-hybridized carbons (Fsp3) is 0.444. The average Bonchev–Trinajstić information content (AvgIpc) is 2.60. The van der Waals surface area contributed by atoms with Gasteiger partial charge in [-0.3, -0.25) is 0 Å². The Morgan fingerprint density at radius 2 is 1.96 bits per heavy atom. The first-order chi connectivity index (χ1) is 11.9. The van der Waals surface area contributed by atoms with Gasteiger partial charge in [0, 0.05) is 13.2 Å². The van der Waals surface area contributed by atoms with E-state index in [0.717, 1.165) is 37.4 Å². The number of aryl methyl sites for hydroxylation is 1. The summed E-state index contributed by atoms with van der Waals surface area (Å²) in [6, 6.07) is 5.47. The fourth-order valence-electron chi connectivity index (χ4n) is 2.50. The van der Waals surface area contributed by atoms with Crippen LogP contribution >= 0.6 is 0 Å². The SMILES string of the molecule is CCCCOc1c(CC)cccc1N(C)c1ncncc1C(F)(F)F. The molecule has 0 amide bonds. The minimum Gasteiger partial charge on any atom is -0.491 e. The monoisotopic (exact) mass is 353 g/mol. The Hall–Kier alpha value is -2.31. The smallest absolute Gasteiger partial charge is 0.421 e. The normalized spacial score (nSPS) is 11.4. The molecule has 0 spiro atoms. The van der Waals surface area contributed by atoms with E-state index in [1.165, 1.54) is 4.90 Å². The molecule has 25 heavy (non-hydrogen) atoms. The lowest BCUT2D eigenvalue weighted by Crippen LogP contribution is -2.19. The van der Waals surface area contributed by atoms with Gasteiger partial charge in [0.2, 0.25) is 0 Å². The van der Waals surface area contributed by atoms with E-state index in [4.69, 9.17) is 4.74 Å². The molecule has 7 heteroatoms. The van der Waals surface area contributed by atoms with Gasteiger partial charge in [-0.15, -0.1) is 0 Å². The van der Waals surface area contributed by atoms with Crippen LogP contribution in [-0.2, 0) is 12.6 Å². The maximum absolute atomic E-state index is 13.3. The molecule has 0 fully saturated rings. The van der Waals surface area contributed by atoms with Crippen LogP contribution in [0.25, 0.3) is 0 Å². The standard InChI is InChI=1S/C18H22F3N3O/c1-4-6-10-25-16-13(5-2)8-7-9-15(16)24(3)17-14(18(19,20)21)11-22-12-23-17/h7-9,11-12H,4-6,10H2,1-3H3. The summed E-state index contributed by atoms with van der Waals surface area (Å²) in [6.45, 7) is 4.56. The molecule has 0 N–H and O–H groups in total. The zero-order valence-electron chi connectivity index (χ0n) is 14.6. The molecular formula is C18H22F3N3O. The van der Waals surface area contributed by atoms with Crippen molar-refractivity contribution in [3.63, 3.8) is 0 Å². The summed E-state index contributed by atoms with van der Waals surface area (Å²) in [5, 5.41) is 0. The van der Waals surface area contributed by atoms with Crippen LogP contribution in [0.15, 0.2) is 30.7 Å². The van der Waals surface area contributed by atoms with Crippen LogP contribution in [-0.4, -0.2) is 23.6 Å². The maximum atomic E-state index is 13.3. The number of rotatable bonds is 7. The van der Waals surface area contributed by atoms with E-state index in [1.807, 2.05) is 19.1 Å². The fourth-order valence-corrected chi connectivity index (χ4v) is 2.50. The van der Waals surface area contributed by atoms with Gasteiger partial charge in [0.05, 0.1) is 12.3 Å². The Kier molecular flexibility index (Phi) is 6.22. The number of nitrogens with zero attached hydrogens (tertiary/aromatic N) is 3. The predicted molar refractivity (Wildman–Crippen MR) is 91.3 cm³/mol. The highest BCUT2D eigenvalue weighted by atomic mass is 19.4. The molecule has 136 valence electrons. The largest absolute Gasteiger partial charge is 0.491 e. The lowest BCUT2D eigenvalue weighted by molar-refractivity contribution is -0.137. The zero-order valence-corrected chi connectivity index (χ0v) is 14.6. The van der Waals surface area contributed by atoms with E-state index in [1.54, 1.807) is 13.1 Å². The van der Waals surface area contributed by atoms with Crippen molar-refractivity contribution in [1.29, 1.82) is 0 Å². The molecular weight excluding hydrogens is 331 g/mol. The van der Waals surface area contributed by atoms with Gasteiger partial charge in [0.25, 0.3) is 0 Å². The van der Waals surface area contributed by atoms with Gasteiger partial charge in [-0.2, -0.15) is 13.2 Å². The van der Waals surface area contributed by atoms with Crippen LogP contribution in [0.3, 0.4) is 0 Å². The van der Waals surface area contributed by atoms with Crippen LogP contribution in [0.2, 0.25) is 0 Å². The number of hydrogen-bond acceptors (Lipinski definition) is 4. The van der Waals surface area contributed by atoms with Crippen molar-refractivity contribution in [2.45, 2.75) is 39.3 Å². The molecule has 0 aliphatic heterocycles. The van der Waals surface area contributed by atoms with Crippen molar-refractivity contribution < 1.29 is 17.9 Å². The summed E-state index contributed by atoms with van der Waals surface area (Å²) in [4.78, 5) is 8.78. The molecule has 0 aliphatic rings. The molecule has 1 aromatic heterocycles. The summed E-state index contributed by atoms with van der Waals surface area (Å²) in [5.41, 5.74) is 0.627. The Morgan fingerprint density at radius 3 is 2.60 bits per heavy atom. The van der Waals surface area contributed by atoms with E-state index < -0.39 is 11.7 Å². The van der Waals surface area contributed by atoms with Crippen LogP contribution < -0.4 is 9.64 Å². The van der Waals surface area contributed by atoms with Gasteiger partial charge >= 0.3 is 6.18 Å². The van der Waals surface area contributed by atoms with Crippen molar-refractivity contribution in [2.75, 3.05) is 18.6 Å². The third kappa shape index (κ3) is 4.41. The highest BCUT2D eigenvalue weighted by Gasteiger charge is 2.36. The molecule has 0 bridgehead atoms. The summed E-state index contributed by atoms with van der Waals surface area (Å²) in [7, 11) is 1.55. The molecule has 1 heterocycles. The van der Waals surface area contributed by atoms with Crippen molar-refractivity contribution in [2.24, 2.45) is 0 Å². The van der Waals surface area contributed by atoms with E-state index in [9.17, 15) is 13.2 Å². The molecule has 1 aromatic carbocycles. The minimum absolute atomic E-state index is 0.198. The predicted octanol–water partition coefficient (Wildman–Crippen LogP) is 5.00. The molecule has 0 unspecified atom stereocenters. The van der Waals surface area contributed by atoms with Crippen LogP contribution in [0.4, 0.5) is 24.7 Å². The number of halogens is 3. The van der Waals surface area contributed by atoms with Gasteiger partial charge in [0.15, 0.2) is 0 Å². The number of ether oxygens (including phenoxy) is 1. The molecule has 4 nitrogen and oxygen atoms in total. The van der Waals surface area contributed by atoms with Crippen molar-refractivity contribution >= 4 is 11.5 Å². The van der Waals surface area contributed by atoms with Gasteiger partial charge < -0.3 is 9.64 Å². The van der Waals surface area contributed by atoms with E-state index in [2.05, 4.69) is 16.9 Å². The first kappa shape index (κ1) is 19.0. The number of hydrogen-bond donors (Lipinski definition) is 0. The molecule has 0 aliphatic carbocycles. The quantitative estimate of drug-likeness (QED) is 0.656. The Balaban J connectivity index is 2.48. The molecule has 2 aromatic rings. The summed E-state index contributed by atoms with van der Waals surface area (Å²) >= 11 is 0. The lowest BCUT2D eigenvalue weighted by Gasteiger charge is -2.25. The van der Waals surface area contributed by atoms with Crippen molar-refractivity contribution in [1.82, 2.24) is 9.97 Å². The van der Waals surface area contributed by atoms with Crippen molar-refractivity contribution in [3.8, 4) is 5.75 Å². The van der Waals surface area contributed by atoms with Crippen LogP contribution in [0, 0.1) is 0 Å². The third-order valence-corrected chi connectivity index (χ3v) is 3.88. The summed E-state index contributed by atoms with van der Waals surface area (Å²) in [6.07, 6.45) is -0.0515. The molecule has 0 atom stereocenters. The van der Waals surface area contributed by atoms with Crippen LogP contribution in [0.5, 0.6) is 5.75 Å². The molecule has 2 rings (SSSR count). The van der Waals surface area contributed by atoms with Crippen molar-refractivity contribution in [3.05, 3.63) is 41.9 Å². The topological polar surface area (TPSA) is 38.2 Å². The summed E-state index contributed by atoms with van der Waals surface area (Å²) in [5.74, 6) is 0.406. The molecule has 0 saturated carbocycles. The second-order valence-electron chi connectivity index (χ2n) is 5.64. The number of alkyl halides is 3. The average molecular weight is 353 g/mol. The first-order valence-electron chi connectivity index (χ1n) is 8.25. The number of aromatic nitrogens is 2. The van der Waals surface area contributed by atoms with Gasteiger partial charge in [-0.25, -0.2) is 9.97 Å². The van der Waals surface area contributed by atoms with E-state index >= 15 is 0 Å². The number of para-hydroxylation sites is 1. The zero-order chi connectivity index (χ0) is 18.4. The lowest BCUT2D eigenvalue weighted by atomic mass is 10.1. The minimum atomic E-state index is -4.53. The van der Waals surface area contributed by atoms with E-state index in [0.29, 0.717) is 18.0 Å². The second-order valence-corrected chi connectivity index (χ2v) is 5.64. The summed E-state index contributed by atoms with van der Waals surface area (Å²) < 4.78 is 45.7. The highest BCUT2D eigenvalue weighted by Crippen LogP contribution is 2.40. The Labute approximate surface area is 145 Å². The Bertz CT molecular complexity index is 704. The van der Waals surface area contributed by atoms with Gasteiger partial charge in [0.1, 0.15) is 23.5 Å². The maximum Gasteiger partial charge on any atom is 0.421 e. The van der Waals surface area contributed by atoms with Crippen LogP contribution in [0.1, 0.15) is 37.8 Å². The number of benzene rings is 1. The molecule has 0 radical (unpaired) electrons. The Morgan fingerprint density at radius 1 is 1.20 bits per heavy atom. The van der Waals surface area contributed by atoms with Gasteiger partial charge in [-0.05, 0) is 24.5 Å². The number of anilines is 2. The first-order valence-corrected chi connectivity index (χ1v) is 8.25. The molecule has 0 saturated heterocycles. The number of unbranched alkanes of at least 4 members (excludes halogenated alkanes) is 1. The second kappa shape index (κ2) is 8.18. The third-order valence-electron chi connectivity index (χ3n) is 3.88. The highest BCUT2D eigenvalue weighted by molar-refractivity contribution is 5.70.